The Balaban J connectivity index is 1.48. The number of likely N-dealkylation sites (tertiary alicyclic amines) is 1. The Bertz CT molecular complexity index is 718. The first-order chi connectivity index (χ1) is 11.6. The van der Waals surface area contributed by atoms with Gasteiger partial charge in [-0.25, -0.2) is 4.98 Å². The summed E-state index contributed by atoms with van der Waals surface area (Å²) in [6.07, 6.45) is 1.25. The molecule has 0 saturated carbocycles. The summed E-state index contributed by atoms with van der Waals surface area (Å²) in [5.74, 6) is 0.724. The Hall–Kier alpha value is -1.74. The molecule has 0 radical (unpaired) electrons. The van der Waals surface area contributed by atoms with Crippen molar-refractivity contribution >= 4 is 11.3 Å². The van der Waals surface area contributed by atoms with Crippen molar-refractivity contribution in [3.05, 3.63) is 51.5 Å². The third kappa shape index (κ3) is 4.41. The highest BCUT2D eigenvalue weighted by atomic mass is 32.1. The zero-order valence-electron chi connectivity index (χ0n) is 14.4. The maximum Gasteiger partial charge on any atom is 0.0991 e. The van der Waals surface area contributed by atoms with Gasteiger partial charge in [-0.05, 0) is 50.6 Å². The van der Waals surface area contributed by atoms with Crippen LogP contribution < -0.4 is 0 Å². The summed E-state index contributed by atoms with van der Waals surface area (Å²) < 4.78 is 0. The van der Waals surface area contributed by atoms with Gasteiger partial charge in [-0.2, -0.15) is 5.26 Å². The van der Waals surface area contributed by atoms with E-state index in [1.165, 1.54) is 16.9 Å². The lowest BCUT2D eigenvalue weighted by Crippen LogP contribution is -2.28. The SMILES string of the molecule is Cc1ncsc1CN(C)C[C@@H]1CCN(Cc2cccc(C#N)c2)C1. The summed E-state index contributed by atoms with van der Waals surface area (Å²) >= 11 is 1.75. The maximum absolute atomic E-state index is 9.02. The van der Waals surface area contributed by atoms with E-state index in [0.29, 0.717) is 0 Å². The maximum atomic E-state index is 9.02. The summed E-state index contributed by atoms with van der Waals surface area (Å²) in [6.45, 7) is 7.46. The minimum Gasteiger partial charge on any atom is -0.301 e. The first-order valence-electron chi connectivity index (χ1n) is 8.43. The molecule has 1 saturated heterocycles. The lowest BCUT2D eigenvalue weighted by molar-refractivity contribution is 0.256. The minimum atomic E-state index is 0.724. The highest BCUT2D eigenvalue weighted by Crippen LogP contribution is 2.21. The molecule has 1 aromatic carbocycles. The van der Waals surface area contributed by atoms with Crippen LogP contribution in [0.3, 0.4) is 0 Å². The molecule has 0 unspecified atom stereocenters. The van der Waals surface area contributed by atoms with Crippen molar-refractivity contribution < 1.29 is 0 Å². The second kappa shape index (κ2) is 7.89. The van der Waals surface area contributed by atoms with E-state index in [-0.39, 0.29) is 0 Å². The van der Waals surface area contributed by atoms with E-state index in [1.54, 1.807) is 11.3 Å². The number of nitrogens with zero attached hydrogens (tertiary/aromatic N) is 4. The Morgan fingerprint density at radius 2 is 2.33 bits per heavy atom. The van der Waals surface area contributed by atoms with Crippen LogP contribution in [0.1, 0.15) is 28.1 Å². The highest BCUT2D eigenvalue weighted by Gasteiger charge is 2.23. The lowest BCUT2D eigenvalue weighted by Gasteiger charge is -2.21. The zero-order valence-corrected chi connectivity index (χ0v) is 15.2. The fourth-order valence-electron chi connectivity index (χ4n) is 3.43. The predicted octanol–water partition coefficient (Wildman–Crippen LogP) is 3.28. The molecule has 0 spiro atoms. The van der Waals surface area contributed by atoms with Gasteiger partial charge in [0.2, 0.25) is 0 Å². The van der Waals surface area contributed by atoms with Gasteiger partial charge in [-0.1, -0.05) is 12.1 Å². The average Bonchev–Trinajstić information content (AvgIpc) is 3.17. The summed E-state index contributed by atoms with van der Waals surface area (Å²) in [4.78, 5) is 10.6. The van der Waals surface area contributed by atoms with Gasteiger partial charge >= 0.3 is 0 Å². The van der Waals surface area contributed by atoms with Gasteiger partial charge in [0.25, 0.3) is 0 Å². The average molecular weight is 340 g/mol. The number of aryl methyl sites for hydroxylation is 1. The molecule has 4 nitrogen and oxygen atoms in total. The number of benzene rings is 1. The largest absolute Gasteiger partial charge is 0.301 e. The summed E-state index contributed by atoms with van der Waals surface area (Å²) in [5, 5.41) is 9.02. The second-order valence-electron chi connectivity index (χ2n) is 6.76. The molecule has 0 amide bonds. The molecule has 0 bridgehead atoms. The van der Waals surface area contributed by atoms with E-state index >= 15 is 0 Å². The van der Waals surface area contributed by atoms with Crippen molar-refractivity contribution in [2.24, 2.45) is 5.92 Å². The van der Waals surface area contributed by atoms with Gasteiger partial charge in [0.1, 0.15) is 0 Å². The van der Waals surface area contributed by atoms with Crippen LogP contribution >= 0.6 is 11.3 Å². The van der Waals surface area contributed by atoms with Gasteiger partial charge < -0.3 is 4.90 Å². The van der Waals surface area contributed by atoms with Crippen LogP contribution in [-0.2, 0) is 13.1 Å². The number of nitriles is 1. The first-order valence-corrected chi connectivity index (χ1v) is 9.31. The molecule has 1 aliphatic rings. The number of thiazole rings is 1. The van der Waals surface area contributed by atoms with Crippen molar-refractivity contribution in [1.29, 1.82) is 5.26 Å². The standard InChI is InChI=1S/C19H24N4S/c1-15-19(24-14-21-15)13-22(2)10-18-6-7-23(12-18)11-17-5-3-4-16(8-17)9-20/h3-5,8,14,18H,6-7,10-13H2,1-2H3/t18-/m0/s1. The highest BCUT2D eigenvalue weighted by molar-refractivity contribution is 7.09. The number of rotatable bonds is 6. The molecule has 1 fully saturated rings. The van der Waals surface area contributed by atoms with Gasteiger partial charge in [0, 0.05) is 31.1 Å². The van der Waals surface area contributed by atoms with Crippen LogP contribution in [0.15, 0.2) is 29.8 Å². The van der Waals surface area contributed by atoms with Crippen molar-refractivity contribution in [2.75, 3.05) is 26.7 Å². The minimum absolute atomic E-state index is 0.724. The molecule has 2 heterocycles. The van der Waals surface area contributed by atoms with Crippen LogP contribution in [0.2, 0.25) is 0 Å². The van der Waals surface area contributed by atoms with Crippen molar-refractivity contribution in [1.82, 2.24) is 14.8 Å². The quantitative estimate of drug-likeness (QED) is 0.809. The Kier molecular flexibility index (Phi) is 5.62. The Morgan fingerprint density at radius 1 is 1.46 bits per heavy atom. The lowest BCUT2D eigenvalue weighted by atomic mass is 10.1. The van der Waals surface area contributed by atoms with Gasteiger partial charge in [-0.3, -0.25) is 4.90 Å². The molecule has 1 aliphatic heterocycles. The molecule has 1 aromatic heterocycles. The van der Waals surface area contributed by atoms with E-state index in [4.69, 9.17) is 5.26 Å². The summed E-state index contributed by atoms with van der Waals surface area (Å²) in [5.41, 5.74) is 5.09. The van der Waals surface area contributed by atoms with Crippen LogP contribution in [0.4, 0.5) is 0 Å². The number of hydrogen-bond donors (Lipinski definition) is 0. The molecule has 0 N–H and O–H groups in total. The molecular formula is C19H24N4S. The summed E-state index contributed by atoms with van der Waals surface area (Å²) in [6, 6.07) is 10.2. The van der Waals surface area contributed by atoms with E-state index < -0.39 is 0 Å². The van der Waals surface area contributed by atoms with Gasteiger partial charge in [0.05, 0.1) is 22.8 Å². The molecule has 3 rings (SSSR count). The molecule has 126 valence electrons. The predicted molar refractivity (Wildman–Crippen MR) is 97.7 cm³/mol. The van der Waals surface area contributed by atoms with Crippen molar-refractivity contribution in [3.63, 3.8) is 0 Å². The second-order valence-corrected chi connectivity index (χ2v) is 7.70. The van der Waals surface area contributed by atoms with E-state index in [0.717, 1.165) is 49.9 Å². The fourth-order valence-corrected chi connectivity index (χ4v) is 4.29. The topological polar surface area (TPSA) is 43.2 Å². The number of hydrogen-bond acceptors (Lipinski definition) is 5. The van der Waals surface area contributed by atoms with E-state index in [1.807, 2.05) is 23.7 Å². The smallest absolute Gasteiger partial charge is 0.0991 e. The van der Waals surface area contributed by atoms with Crippen LogP contribution in [0, 0.1) is 24.2 Å². The van der Waals surface area contributed by atoms with Crippen molar-refractivity contribution in [2.45, 2.75) is 26.4 Å². The molecule has 1 atom stereocenters. The molecule has 24 heavy (non-hydrogen) atoms. The first kappa shape index (κ1) is 17.1. The monoisotopic (exact) mass is 340 g/mol. The molecule has 0 aliphatic carbocycles. The van der Waals surface area contributed by atoms with Crippen molar-refractivity contribution in [3.8, 4) is 6.07 Å². The number of aromatic nitrogens is 1. The molecular weight excluding hydrogens is 316 g/mol. The normalized spacial score (nSPS) is 18.2. The van der Waals surface area contributed by atoms with Crippen LogP contribution in [0.5, 0.6) is 0 Å². The Morgan fingerprint density at radius 3 is 3.08 bits per heavy atom. The van der Waals surface area contributed by atoms with Crippen LogP contribution in [-0.4, -0.2) is 41.5 Å². The van der Waals surface area contributed by atoms with E-state index in [2.05, 4.69) is 40.9 Å². The zero-order chi connectivity index (χ0) is 16.9. The Labute approximate surface area is 148 Å². The molecule has 2 aromatic rings. The third-order valence-electron chi connectivity index (χ3n) is 4.66. The molecule has 5 heteroatoms. The third-order valence-corrected chi connectivity index (χ3v) is 5.58. The summed E-state index contributed by atoms with van der Waals surface area (Å²) in [7, 11) is 2.21. The van der Waals surface area contributed by atoms with E-state index in [9.17, 15) is 0 Å². The van der Waals surface area contributed by atoms with Gasteiger partial charge in [0.15, 0.2) is 0 Å². The van der Waals surface area contributed by atoms with Gasteiger partial charge in [-0.15, -0.1) is 11.3 Å². The van der Waals surface area contributed by atoms with Crippen LogP contribution in [0.25, 0.3) is 0 Å². The fraction of sp³-hybridized carbons (Fsp3) is 0.474.